The predicted octanol–water partition coefficient (Wildman–Crippen LogP) is 4.88. The van der Waals surface area contributed by atoms with Crippen LogP contribution in [-0.2, 0) is 6.54 Å². The maximum absolute atomic E-state index is 6.18. The minimum atomic E-state index is 0.538. The quantitative estimate of drug-likeness (QED) is 0.786. The SMILES string of the molecule is COc1cccc(Cl)c1CNc1ncc(Br)cc1Br. The highest BCUT2D eigenvalue weighted by Crippen LogP contribution is 2.29. The molecule has 19 heavy (non-hydrogen) atoms. The Balaban J connectivity index is 2.19. The van der Waals surface area contributed by atoms with E-state index in [0.717, 1.165) is 26.1 Å². The van der Waals surface area contributed by atoms with E-state index in [4.69, 9.17) is 16.3 Å². The van der Waals surface area contributed by atoms with Gasteiger partial charge in [-0.3, -0.25) is 0 Å². The normalized spacial score (nSPS) is 10.3. The number of methoxy groups -OCH3 is 1. The van der Waals surface area contributed by atoms with Gasteiger partial charge in [-0.2, -0.15) is 0 Å². The second kappa shape index (κ2) is 6.59. The van der Waals surface area contributed by atoms with Crippen molar-refractivity contribution >= 4 is 49.3 Å². The summed E-state index contributed by atoms with van der Waals surface area (Å²) in [5, 5.41) is 3.90. The third-order valence-corrected chi connectivity index (χ3v) is 3.93. The van der Waals surface area contributed by atoms with Crippen LogP contribution in [0.25, 0.3) is 0 Å². The van der Waals surface area contributed by atoms with Crippen molar-refractivity contribution in [2.45, 2.75) is 6.54 Å². The lowest BCUT2D eigenvalue weighted by Gasteiger charge is -2.12. The minimum Gasteiger partial charge on any atom is -0.496 e. The highest BCUT2D eigenvalue weighted by atomic mass is 79.9. The summed E-state index contributed by atoms with van der Waals surface area (Å²) < 4.78 is 7.10. The van der Waals surface area contributed by atoms with Crippen LogP contribution in [-0.4, -0.2) is 12.1 Å². The number of nitrogens with one attached hydrogen (secondary N) is 1. The Morgan fingerprint density at radius 1 is 1.37 bits per heavy atom. The molecule has 0 saturated heterocycles. The summed E-state index contributed by atoms with van der Waals surface area (Å²) in [5.41, 5.74) is 0.906. The van der Waals surface area contributed by atoms with Gasteiger partial charge >= 0.3 is 0 Å². The van der Waals surface area contributed by atoms with E-state index in [-0.39, 0.29) is 0 Å². The van der Waals surface area contributed by atoms with Gasteiger partial charge in [0, 0.05) is 27.8 Å². The van der Waals surface area contributed by atoms with Gasteiger partial charge in [0.1, 0.15) is 11.6 Å². The van der Waals surface area contributed by atoms with E-state index < -0.39 is 0 Å². The fourth-order valence-corrected chi connectivity index (χ4v) is 2.98. The molecule has 0 bridgehead atoms. The lowest BCUT2D eigenvalue weighted by Crippen LogP contribution is -2.04. The van der Waals surface area contributed by atoms with Crippen molar-refractivity contribution in [3.63, 3.8) is 0 Å². The second-order valence-electron chi connectivity index (χ2n) is 3.76. The molecule has 1 aromatic heterocycles. The average molecular weight is 407 g/mol. The molecule has 100 valence electrons. The van der Waals surface area contributed by atoms with Crippen molar-refractivity contribution in [3.8, 4) is 5.75 Å². The molecule has 6 heteroatoms. The molecule has 0 amide bonds. The Morgan fingerprint density at radius 2 is 2.16 bits per heavy atom. The van der Waals surface area contributed by atoms with Crippen molar-refractivity contribution in [1.29, 1.82) is 0 Å². The van der Waals surface area contributed by atoms with Crippen molar-refractivity contribution in [2.24, 2.45) is 0 Å². The van der Waals surface area contributed by atoms with Crippen LogP contribution < -0.4 is 10.1 Å². The molecule has 2 rings (SSSR count). The fourth-order valence-electron chi connectivity index (χ4n) is 1.62. The molecular formula is C13H11Br2ClN2O. The van der Waals surface area contributed by atoms with Crippen LogP contribution in [0.15, 0.2) is 39.4 Å². The molecule has 0 atom stereocenters. The van der Waals surface area contributed by atoms with Crippen LogP contribution >= 0.6 is 43.5 Å². The van der Waals surface area contributed by atoms with Crippen molar-refractivity contribution in [3.05, 3.63) is 50.0 Å². The van der Waals surface area contributed by atoms with Gasteiger partial charge in [0.25, 0.3) is 0 Å². The minimum absolute atomic E-state index is 0.538. The number of benzene rings is 1. The molecule has 0 aliphatic heterocycles. The van der Waals surface area contributed by atoms with Gasteiger partial charge in [0.05, 0.1) is 11.6 Å². The van der Waals surface area contributed by atoms with E-state index in [2.05, 4.69) is 42.2 Å². The highest BCUT2D eigenvalue weighted by Gasteiger charge is 2.09. The first-order valence-electron chi connectivity index (χ1n) is 5.48. The maximum atomic E-state index is 6.18. The number of hydrogen-bond donors (Lipinski definition) is 1. The molecular weight excluding hydrogens is 395 g/mol. The molecule has 0 fully saturated rings. The van der Waals surface area contributed by atoms with E-state index >= 15 is 0 Å². The molecule has 0 aliphatic rings. The molecule has 0 saturated carbocycles. The van der Waals surface area contributed by atoms with Gasteiger partial charge in [-0.25, -0.2) is 4.98 Å². The molecule has 3 nitrogen and oxygen atoms in total. The van der Waals surface area contributed by atoms with E-state index in [9.17, 15) is 0 Å². The third-order valence-electron chi connectivity index (χ3n) is 2.54. The molecule has 0 aliphatic carbocycles. The highest BCUT2D eigenvalue weighted by molar-refractivity contribution is 9.11. The molecule has 1 heterocycles. The van der Waals surface area contributed by atoms with Crippen LogP contribution in [0.3, 0.4) is 0 Å². The lowest BCUT2D eigenvalue weighted by atomic mass is 10.2. The van der Waals surface area contributed by atoms with Gasteiger partial charge in [-0.1, -0.05) is 17.7 Å². The Hall–Kier alpha value is -0.780. The number of anilines is 1. The fraction of sp³-hybridized carbons (Fsp3) is 0.154. The van der Waals surface area contributed by atoms with Crippen molar-refractivity contribution < 1.29 is 4.74 Å². The molecule has 2 aromatic rings. The average Bonchev–Trinajstić information content (AvgIpc) is 2.39. The van der Waals surface area contributed by atoms with E-state index in [1.807, 2.05) is 24.3 Å². The van der Waals surface area contributed by atoms with E-state index in [1.165, 1.54) is 0 Å². The Morgan fingerprint density at radius 3 is 2.84 bits per heavy atom. The van der Waals surface area contributed by atoms with Gasteiger partial charge in [0.15, 0.2) is 0 Å². The van der Waals surface area contributed by atoms with Crippen LogP contribution in [0.1, 0.15) is 5.56 Å². The Labute approximate surface area is 133 Å². The number of ether oxygens (including phenoxy) is 1. The first kappa shape index (κ1) is 14.6. The van der Waals surface area contributed by atoms with Crippen LogP contribution in [0, 0.1) is 0 Å². The number of nitrogens with zero attached hydrogens (tertiary/aromatic N) is 1. The largest absolute Gasteiger partial charge is 0.496 e. The summed E-state index contributed by atoms with van der Waals surface area (Å²) in [5.74, 6) is 1.51. The molecule has 0 unspecified atom stereocenters. The molecule has 0 spiro atoms. The number of hydrogen-bond acceptors (Lipinski definition) is 3. The van der Waals surface area contributed by atoms with E-state index in [1.54, 1.807) is 13.3 Å². The first-order valence-corrected chi connectivity index (χ1v) is 7.44. The summed E-state index contributed by atoms with van der Waals surface area (Å²) >= 11 is 13.0. The maximum Gasteiger partial charge on any atom is 0.140 e. The zero-order chi connectivity index (χ0) is 13.8. The standard InChI is InChI=1S/C13H11Br2ClN2O/c1-19-12-4-2-3-11(16)9(12)7-18-13-10(15)5-8(14)6-17-13/h2-6H,7H2,1H3,(H,17,18). The topological polar surface area (TPSA) is 34.1 Å². The molecule has 1 aromatic carbocycles. The number of pyridine rings is 1. The zero-order valence-corrected chi connectivity index (χ0v) is 14.0. The van der Waals surface area contributed by atoms with Gasteiger partial charge in [0.2, 0.25) is 0 Å². The summed E-state index contributed by atoms with van der Waals surface area (Å²) in [6.07, 6.45) is 1.73. The summed E-state index contributed by atoms with van der Waals surface area (Å²) in [6, 6.07) is 7.51. The number of halogens is 3. The smallest absolute Gasteiger partial charge is 0.140 e. The number of aromatic nitrogens is 1. The summed E-state index contributed by atoms with van der Waals surface area (Å²) in [7, 11) is 1.63. The summed E-state index contributed by atoms with van der Waals surface area (Å²) in [4.78, 5) is 4.29. The van der Waals surface area contributed by atoms with Gasteiger partial charge in [-0.15, -0.1) is 0 Å². The molecule has 1 N–H and O–H groups in total. The van der Waals surface area contributed by atoms with Crippen molar-refractivity contribution in [1.82, 2.24) is 4.98 Å². The monoisotopic (exact) mass is 404 g/mol. The Kier molecular flexibility index (Phi) is 5.07. The Bertz CT molecular complexity index is 593. The van der Waals surface area contributed by atoms with Crippen molar-refractivity contribution in [2.75, 3.05) is 12.4 Å². The van der Waals surface area contributed by atoms with Crippen LogP contribution in [0.5, 0.6) is 5.75 Å². The third kappa shape index (κ3) is 3.61. The zero-order valence-electron chi connectivity index (χ0n) is 10.1. The van der Waals surface area contributed by atoms with Crippen LogP contribution in [0.4, 0.5) is 5.82 Å². The predicted molar refractivity (Wildman–Crippen MR) is 85.0 cm³/mol. The summed E-state index contributed by atoms with van der Waals surface area (Å²) in [6.45, 7) is 0.538. The van der Waals surface area contributed by atoms with E-state index in [0.29, 0.717) is 11.6 Å². The van der Waals surface area contributed by atoms with Crippen LogP contribution in [0.2, 0.25) is 5.02 Å². The van der Waals surface area contributed by atoms with Gasteiger partial charge < -0.3 is 10.1 Å². The molecule has 0 radical (unpaired) electrons. The lowest BCUT2D eigenvalue weighted by molar-refractivity contribution is 0.410. The first-order chi connectivity index (χ1) is 9.11. The second-order valence-corrected chi connectivity index (χ2v) is 5.94. The number of rotatable bonds is 4. The van der Waals surface area contributed by atoms with Gasteiger partial charge in [-0.05, 0) is 50.1 Å².